The number of nitrogens with zero attached hydrogens (tertiary/aromatic N) is 2. The fourth-order valence-corrected chi connectivity index (χ4v) is 2.70. The van der Waals surface area contributed by atoms with Gasteiger partial charge in [-0.3, -0.25) is 4.40 Å². The highest BCUT2D eigenvalue weighted by Gasteiger charge is 2.11. The molecule has 5 heteroatoms. The minimum absolute atomic E-state index is 0.222. The van der Waals surface area contributed by atoms with Gasteiger partial charge >= 0.3 is 5.97 Å². The third-order valence-corrected chi connectivity index (χ3v) is 3.73. The number of hydrogen-bond donors (Lipinski definition) is 1. The van der Waals surface area contributed by atoms with Crippen LogP contribution < -0.4 is 0 Å². The molecule has 3 rings (SSSR count). The summed E-state index contributed by atoms with van der Waals surface area (Å²) < 4.78 is 1.60. The zero-order valence-electron chi connectivity index (χ0n) is 9.62. The lowest BCUT2D eigenvalue weighted by Crippen LogP contribution is -2.03. The van der Waals surface area contributed by atoms with E-state index in [1.807, 2.05) is 19.1 Å². The normalized spacial score (nSPS) is 10.9. The molecule has 18 heavy (non-hydrogen) atoms. The smallest absolute Gasteiger partial charge is 0.352 e. The first kappa shape index (κ1) is 11.0. The molecule has 3 aromatic heterocycles. The van der Waals surface area contributed by atoms with Crippen molar-refractivity contribution in [2.24, 2.45) is 0 Å². The minimum atomic E-state index is -0.952. The Hall–Kier alpha value is -2.14. The van der Waals surface area contributed by atoms with E-state index in [1.165, 1.54) is 4.88 Å². The summed E-state index contributed by atoms with van der Waals surface area (Å²) >= 11 is 1.65. The molecule has 90 valence electrons. The van der Waals surface area contributed by atoms with E-state index in [-0.39, 0.29) is 5.69 Å². The van der Waals surface area contributed by atoms with Gasteiger partial charge in [0.15, 0.2) is 0 Å². The lowest BCUT2D eigenvalue weighted by molar-refractivity contribution is 0.0689. The Morgan fingerprint density at radius 1 is 1.33 bits per heavy atom. The van der Waals surface area contributed by atoms with E-state index in [1.54, 1.807) is 40.1 Å². The largest absolute Gasteiger partial charge is 0.477 e. The molecule has 0 unspecified atom stereocenters. The van der Waals surface area contributed by atoms with Gasteiger partial charge in [-0.15, -0.1) is 11.3 Å². The zero-order valence-corrected chi connectivity index (χ0v) is 10.4. The number of carboxylic acids is 1. The Morgan fingerprint density at radius 2 is 2.17 bits per heavy atom. The number of carbonyl (C=O) groups is 1. The third-order valence-electron chi connectivity index (χ3n) is 2.70. The van der Waals surface area contributed by atoms with Gasteiger partial charge in [0.05, 0.1) is 10.6 Å². The molecular formula is C13H10N2O2S. The SMILES string of the molecule is Cc1ccc(-c2cn3c(C(=O)O)cccc3n2)s1. The van der Waals surface area contributed by atoms with Crippen LogP contribution >= 0.6 is 11.3 Å². The van der Waals surface area contributed by atoms with Gasteiger partial charge in [-0.1, -0.05) is 6.07 Å². The Kier molecular flexibility index (Phi) is 2.41. The average molecular weight is 258 g/mol. The van der Waals surface area contributed by atoms with Crippen molar-refractivity contribution in [3.63, 3.8) is 0 Å². The monoisotopic (exact) mass is 258 g/mol. The summed E-state index contributed by atoms with van der Waals surface area (Å²) in [4.78, 5) is 17.8. The Bertz CT molecular complexity index is 742. The van der Waals surface area contributed by atoms with Gasteiger partial charge in [0.2, 0.25) is 0 Å². The van der Waals surface area contributed by atoms with Crippen LogP contribution in [0.25, 0.3) is 16.2 Å². The molecule has 0 fully saturated rings. The molecule has 4 nitrogen and oxygen atoms in total. The lowest BCUT2D eigenvalue weighted by atomic mass is 10.3. The second kappa shape index (κ2) is 3.96. The van der Waals surface area contributed by atoms with Gasteiger partial charge in [-0.2, -0.15) is 0 Å². The van der Waals surface area contributed by atoms with Crippen LogP contribution in [0.5, 0.6) is 0 Å². The van der Waals surface area contributed by atoms with E-state index < -0.39 is 5.97 Å². The standard InChI is InChI=1S/C13H10N2O2S/c1-8-5-6-11(18-8)9-7-15-10(13(16)17)3-2-4-12(15)14-9/h2-7H,1H3,(H,16,17). The summed E-state index contributed by atoms with van der Waals surface area (Å²) in [6.07, 6.45) is 1.77. The molecule has 0 atom stereocenters. The Labute approximate surface area is 107 Å². The highest BCUT2D eigenvalue weighted by molar-refractivity contribution is 7.15. The van der Waals surface area contributed by atoms with E-state index in [0.29, 0.717) is 5.65 Å². The molecular weight excluding hydrogens is 248 g/mol. The van der Waals surface area contributed by atoms with Crippen LogP contribution in [0.2, 0.25) is 0 Å². The zero-order chi connectivity index (χ0) is 12.7. The summed E-state index contributed by atoms with van der Waals surface area (Å²) in [5.74, 6) is -0.952. The first-order valence-electron chi connectivity index (χ1n) is 5.43. The lowest BCUT2D eigenvalue weighted by Gasteiger charge is -1.97. The van der Waals surface area contributed by atoms with E-state index >= 15 is 0 Å². The van der Waals surface area contributed by atoms with Crippen LogP contribution in [0.15, 0.2) is 36.5 Å². The molecule has 0 aliphatic rings. The minimum Gasteiger partial charge on any atom is -0.477 e. The predicted molar refractivity (Wildman–Crippen MR) is 70.2 cm³/mol. The molecule has 0 amide bonds. The van der Waals surface area contributed by atoms with Crippen LogP contribution in [-0.4, -0.2) is 20.5 Å². The van der Waals surface area contributed by atoms with E-state index in [0.717, 1.165) is 10.6 Å². The number of aromatic carboxylic acids is 1. The van der Waals surface area contributed by atoms with Crippen molar-refractivity contribution in [1.82, 2.24) is 9.38 Å². The quantitative estimate of drug-likeness (QED) is 0.768. The van der Waals surface area contributed by atoms with Crippen LogP contribution in [0, 0.1) is 6.92 Å². The van der Waals surface area contributed by atoms with Crippen LogP contribution in [-0.2, 0) is 0 Å². The van der Waals surface area contributed by atoms with Crippen LogP contribution in [0.1, 0.15) is 15.4 Å². The number of rotatable bonds is 2. The van der Waals surface area contributed by atoms with Crippen molar-refractivity contribution in [1.29, 1.82) is 0 Å². The molecule has 1 N–H and O–H groups in total. The summed E-state index contributed by atoms with van der Waals surface area (Å²) in [5, 5.41) is 9.12. The number of aryl methyl sites for hydroxylation is 1. The molecule has 3 heterocycles. The maximum atomic E-state index is 11.1. The molecule has 0 saturated carbocycles. The van der Waals surface area contributed by atoms with E-state index in [4.69, 9.17) is 5.11 Å². The van der Waals surface area contributed by atoms with Crippen LogP contribution in [0.3, 0.4) is 0 Å². The first-order chi connectivity index (χ1) is 8.65. The maximum absolute atomic E-state index is 11.1. The molecule has 0 aromatic carbocycles. The second-order valence-corrected chi connectivity index (χ2v) is 5.27. The Balaban J connectivity index is 2.22. The molecule has 0 bridgehead atoms. The summed E-state index contributed by atoms with van der Waals surface area (Å²) in [5.41, 5.74) is 1.68. The van der Waals surface area contributed by atoms with Crippen molar-refractivity contribution in [2.75, 3.05) is 0 Å². The van der Waals surface area contributed by atoms with E-state index in [2.05, 4.69) is 4.98 Å². The van der Waals surface area contributed by atoms with Gasteiger partial charge in [-0.25, -0.2) is 9.78 Å². The van der Waals surface area contributed by atoms with Gasteiger partial charge in [0, 0.05) is 11.1 Å². The van der Waals surface area contributed by atoms with Crippen molar-refractivity contribution >= 4 is 23.0 Å². The highest BCUT2D eigenvalue weighted by atomic mass is 32.1. The van der Waals surface area contributed by atoms with Gasteiger partial charge < -0.3 is 5.11 Å². The third kappa shape index (κ3) is 1.69. The number of pyridine rings is 1. The van der Waals surface area contributed by atoms with Crippen molar-refractivity contribution < 1.29 is 9.90 Å². The van der Waals surface area contributed by atoms with Gasteiger partial charge in [0.25, 0.3) is 0 Å². The molecule has 3 aromatic rings. The number of hydrogen-bond acceptors (Lipinski definition) is 3. The number of imidazole rings is 1. The molecule has 0 radical (unpaired) electrons. The molecule has 0 aliphatic carbocycles. The maximum Gasteiger partial charge on any atom is 0.352 e. The van der Waals surface area contributed by atoms with E-state index in [9.17, 15) is 4.79 Å². The number of thiophene rings is 1. The predicted octanol–water partition coefficient (Wildman–Crippen LogP) is 3.07. The van der Waals surface area contributed by atoms with Crippen LogP contribution in [0.4, 0.5) is 0 Å². The number of aromatic nitrogens is 2. The summed E-state index contributed by atoms with van der Waals surface area (Å²) in [7, 11) is 0. The fraction of sp³-hybridized carbons (Fsp3) is 0.0769. The van der Waals surface area contributed by atoms with Crippen molar-refractivity contribution in [2.45, 2.75) is 6.92 Å². The number of fused-ring (bicyclic) bond motifs is 1. The topological polar surface area (TPSA) is 54.6 Å². The Morgan fingerprint density at radius 3 is 2.83 bits per heavy atom. The van der Waals surface area contributed by atoms with Gasteiger partial charge in [-0.05, 0) is 31.2 Å². The molecule has 0 aliphatic heterocycles. The highest BCUT2D eigenvalue weighted by Crippen LogP contribution is 2.27. The van der Waals surface area contributed by atoms with Crippen molar-refractivity contribution in [3.05, 3.63) is 47.1 Å². The summed E-state index contributed by atoms with van der Waals surface area (Å²) in [6, 6.07) is 9.11. The molecule has 0 spiro atoms. The number of carboxylic acid groups (broad SMARTS) is 1. The summed E-state index contributed by atoms with van der Waals surface area (Å²) in [6.45, 7) is 2.03. The van der Waals surface area contributed by atoms with Gasteiger partial charge in [0.1, 0.15) is 11.3 Å². The first-order valence-corrected chi connectivity index (χ1v) is 6.25. The fourth-order valence-electron chi connectivity index (χ4n) is 1.88. The molecule has 0 saturated heterocycles. The average Bonchev–Trinajstić information content (AvgIpc) is 2.93. The van der Waals surface area contributed by atoms with Crippen molar-refractivity contribution in [3.8, 4) is 10.6 Å². The second-order valence-electron chi connectivity index (χ2n) is 3.98.